The molecule has 0 spiro atoms. The fourth-order valence-electron chi connectivity index (χ4n) is 1.98. The van der Waals surface area contributed by atoms with Crippen molar-refractivity contribution in [2.24, 2.45) is 0 Å². The van der Waals surface area contributed by atoms with Crippen molar-refractivity contribution < 1.29 is 9.21 Å². The van der Waals surface area contributed by atoms with Gasteiger partial charge in [0.15, 0.2) is 10.4 Å². The Bertz CT molecular complexity index is 591. The van der Waals surface area contributed by atoms with Crippen LogP contribution in [0.25, 0.3) is 0 Å². The quantitative estimate of drug-likeness (QED) is 0.811. The number of benzene rings is 1. The highest BCUT2D eigenvalue weighted by Gasteiger charge is 2.09. The summed E-state index contributed by atoms with van der Waals surface area (Å²) in [6.07, 6.45) is 1.84. The number of nitrogens with zero attached hydrogens (tertiary/aromatic N) is 1. The number of carbonyl (C=O) groups excluding carboxylic acids is 1. The molecule has 0 atom stereocenters. The van der Waals surface area contributed by atoms with Crippen molar-refractivity contribution in [1.29, 1.82) is 0 Å². The number of carbonyl (C=O) groups is 1. The van der Waals surface area contributed by atoms with E-state index in [-0.39, 0.29) is 5.91 Å². The first-order valence-corrected chi connectivity index (χ1v) is 7.65. The molecule has 2 aromatic rings. The minimum Gasteiger partial charge on any atom is -0.444 e. The van der Waals surface area contributed by atoms with Gasteiger partial charge in [0.1, 0.15) is 0 Å². The van der Waals surface area contributed by atoms with Crippen molar-refractivity contribution in [2.45, 2.75) is 12.8 Å². The summed E-state index contributed by atoms with van der Waals surface area (Å²) in [4.78, 5) is 13.8. The molecule has 1 heterocycles. The van der Waals surface area contributed by atoms with E-state index in [9.17, 15) is 4.79 Å². The summed E-state index contributed by atoms with van der Waals surface area (Å²) >= 11 is 3.18. The fraction of sp³-hybridized carbons (Fsp3) is 0.312. The second-order valence-corrected chi connectivity index (χ2v) is 5.81. The van der Waals surface area contributed by atoms with Gasteiger partial charge in [0.2, 0.25) is 0 Å². The van der Waals surface area contributed by atoms with Gasteiger partial charge in [-0.25, -0.2) is 0 Å². The molecule has 0 aliphatic heterocycles. The third kappa shape index (κ3) is 4.63. The molecule has 112 valence electrons. The number of amides is 1. The van der Waals surface area contributed by atoms with E-state index in [1.807, 2.05) is 14.1 Å². The predicted octanol–water partition coefficient (Wildman–Crippen LogP) is 3.47. The number of nitrogens with one attached hydrogen (secondary N) is 1. The largest absolute Gasteiger partial charge is 0.444 e. The van der Waals surface area contributed by atoms with Crippen molar-refractivity contribution >= 4 is 27.5 Å². The Morgan fingerprint density at radius 1 is 1.19 bits per heavy atom. The summed E-state index contributed by atoms with van der Waals surface area (Å²) in [5.74, 6) is 0.154. The van der Waals surface area contributed by atoms with Gasteiger partial charge < -0.3 is 14.6 Å². The van der Waals surface area contributed by atoms with Crippen molar-refractivity contribution in [3.63, 3.8) is 0 Å². The maximum absolute atomic E-state index is 11.8. The molecule has 1 N–H and O–H groups in total. The smallest absolute Gasteiger partial charge is 0.287 e. The summed E-state index contributed by atoms with van der Waals surface area (Å²) in [7, 11) is 4.05. The van der Waals surface area contributed by atoms with Crippen LogP contribution in [0.4, 0.5) is 5.69 Å². The minimum atomic E-state index is -0.177. The molecule has 2 rings (SSSR count). The number of furan rings is 1. The number of rotatable bonds is 6. The van der Waals surface area contributed by atoms with Crippen LogP contribution >= 0.6 is 15.9 Å². The van der Waals surface area contributed by atoms with Gasteiger partial charge in [-0.2, -0.15) is 0 Å². The predicted molar refractivity (Wildman–Crippen MR) is 87.8 cm³/mol. The van der Waals surface area contributed by atoms with Gasteiger partial charge in [-0.3, -0.25) is 4.79 Å². The van der Waals surface area contributed by atoms with Gasteiger partial charge >= 0.3 is 0 Å². The van der Waals surface area contributed by atoms with Gasteiger partial charge in [-0.05, 0) is 58.6 Å². The number of anilines is 1. The van der Waals surface area contributed by atoms with E-state index < -0.39 is 0 Å². The Balaban J connectivity index is 1.73. The Hall–Kier alpha value is -1.75. The molecule has 21 heavy (non-hydrogen) atoms. The maximum Gasteiger partial charge on any atom is 0.287 e. The highest BCUT2D eigenvalue weighted by atomic mass is 79.9. The zero-order valence-electron chi connectivity index (χ0n) is 12.2. The molecule has 0 saturated carbocycles. The lowest BCUT2D eigenvalue weighted by molar-refractivity contribution is 0.0924. The third-order valence-electron chi connectivity index (χ3n) is 3.18. The molecule has 0 radical (unpaired) electrons. The second-order valence-electron chi connectivity index (χ2n) is 5.02. The lowest BCUT2D eigenvalue weighted by Gasteiger charge is -2.12. The van der Waals surface area contributed by atoms with E-state index in [0.29, 0.717) is 17.0 Å². The summed E-state index contributed by atoms with van der Waals surface area (Å²) in [6, 6.07) is 11.8. The summed E-state index contributed by atoms with van der Waals surface area (Å²) in [6.45, 7) is 0.632. The molecule has 1 amide bonds. The highest BCUT2D eigenvalue weighted by Crippen LogP contribution is 2.14. The molecule has 5 heteroatoms. The van der Waals surface area contributed by atoms with Crippen molar-refractivity contribution in [1.82, 2.24) is 5.32 Å². The zero-order valence-corrected chi connectivity index (χ0v) is 13.8. The van der Waals surface area contributed by atoms with Crippen molar-refractivity contribution in [3.8, 4) is 0 Å². The first kappa shape index (κ1) is 15.6. The van der Waals surface area contributed by atoms with Crippen LogP contribution in [-0.4, -0.2) is 26.5 Å². The average Bonchev–Trinajstić information content (AvgIpc) is 2.90. The first-order chi connectivity index (χ1) is 10.1. The van der Waals surface area contributed by atoms with Gasteiger partial charge in [-0.15, -0.1) is 0 Å². The van der Waals surface area contributed by atoms with Crippen LogP contribution in [0.5, 0.6) is 0 Å². The van der Waals surface area contributed by atoms with Gasteiger partial charge in [0.05, 0.1) is 0 Å². The Morgan fingerprint density at radius 2 is 1.90 bits per heavy atom. The SMILES string of the molecule is CN(C)c1ccc(CCCNC(=O)c2ccc(Br)o2)cc1. The van der Waals surface area contributed by atoms with Crippen LogP contribution in [0, 0.1) is 0 Å². The minimum absolute atomic E-state index is 0.177. The number of hydrogen-bond acceptors (Lipinski definition) is 3. The highest BCUT2D eigenvalue weighted by molar-refractivity contribution is 9.10. The average molecular weight is 351 g/mol. The van der Waals surface area contributed by atoms with E-state index in [2.05, 4.69) is 50.4 Å². The number of halogens is 1. The molecule has 0 fully saturated rings. The monoisotopic (exact) mass is 350 g/mol. The molecular formula is C16H19BrN2O2. The molecule has 0 bridgehead atoms. The van der Waals surface area contributed by atoms with E-state index in [4.69, 9.17) is 4.42 Å². The lowest BCUT2D eigenvalue weighted by Crippen LogP contribution is -2.24. The van der Waals surface area contributed by atoms with Crippen LogP contribution in [0.2, 0.25) is 0 Å². The van der Waals surface area contributed by atoms with Crippen LogP contribution in [0.3, 0.4) is 0 Å². The van der Waals surface area contributed by atoms with Gasteiger partial charge in [0.25, 0.3) is 5.91 Å². The van der Waals surface area contributed by atoms with E-state index in [1.54, 1.807) is 12.1 Å². The Kier molecular flexibility index (Phi) is 5.44. The first-order valence-electron chi connectivity index (χ1n) is 6.86. The van der Waals surface area contributed by atoms with Gasteiger partial charge in [0, 0.05) is 26.3 Å². The lowest BCUT2D eigenvalue weighted by atomic mass is 10.1. The van der Waals surface area contributed by atoms with Crippen LogP contribution in [0.15, 0.2) is 45.5 Å². The van der Waals surface area contributed by atoms with E-state index in [1.165, 1.54) is 11.3 Å². The summed E-state index contributed by atoms with van der Waals surface area (Å²) in [5.41, 5.74) is 2.46. The van der Waals surface area contributed by atoms with Crippen LogP contribution in [-0.2, 0) is 6.42 Å². The van der Waals surface area contributed by atoms with Crippen molar-refractivity contribution in [3.05, 3.63) is 52.4 Å². The maximum atomic E-state index is 11.8. The molecule has 1 aromatic heterocycles. The normalized spacial score (nSPS) is 10.4. The van der Waals surface area contributed by atoms with E-state index >= 15 is 0 Å². The molecule has 0 unspecified atom stereocenters. The van der Waals surface area contributed by atoms with Crippen LogP contribution in [0.1, 0.15) is 22.5 Å². The topological polar surface area (TPSA) is 45.5 Å². The standard InChI is InChI=1S/C16H19BrN2O2/c1-19(2)13-7-5-12(6-8-13)4-3-11-18-16(20)14-9-10-15(17)21-14/h5-10H,3-4,11H2,1-2H3,(H,18,20). The van der Waals surface area contributed by atoms with Crippen LogP contribution < -0.4 is 10.2 Å². The molecular weight excluding hydrogens is 332 g/mol. The summed E-state index contributed by atoms with van der Waals surface area (Å²) < 4.78 is 5.76. The zero-order chi connectivity index (χ0) is 15.2. The molecule has 0 saturated heterocycles. The Labute approximate surface area is 133 Å². The van der Waals surface area contributed by atoms with E-state index in [0.717, 1.165) is 12.8 Å². The molecule has 0 aliphatic rings. The second kappa shape index (κ2) is 7.31. The molecule has 0 aliphatic carbocycles. The molecule has 4 nitrogen and oxygen atoms in total. The summed E-state index contributed by atoms with van der Waals surface area (Å²) in [5, 5.41) is 2.85. The fourth-order valence-corrected chi connectivity index (χ4v) is 2.29. The molecule has 1 aromatic carbocycles. The third-order valence-corrected chi connectivity index (χ3v) is 3.60. The Morgan fingerprint density at radius 3 is 2.48 bits per heavy atom. The van der Waals surface area contributed by atoms with Crippen molar-refractivity contribution in [2.75, 3.05) is 25.5 Å². The van der Waals surface area contributed by atoms with Gasteiger partial charge in [-0.1, -0.05) is 12.1 Å². The number of aryl methyl sites for hydroxylation is 1. The number of hydrogen-bond donors (Lipinski definition) is 1.